The molecule has 0 spiro atoms. The van der Waals surface area contributed by atoms with Gasteiger partial charge in [0.2, 0.25) is 21.8 Å². The third kappa shape index (κ3) is 9.21. The fraction of sp³-hybridized carbons (Fsp3) is 0.355. The third-order valence-electron chi connectivity index (χ3n) is 6.94. The SMILES string of the molecule is CCc1ccc(N(CC(=O)N(Cc2ccc(Cl)cc2Cl)[C@@H](Cc2ccccc2)C(=O)N[C@@H](C)CC)S(C)(=O)=O)cc1. The summed E-state index contributed by atoms with van der Waals surface area (Å²) in [5, 5.41) is 3.78. The highest BCUT2D eigenvalue weighted by Crippen LogP contribution is 2.25. The van der Waals surface area contributed by atoms with Crippen LogP contribution in [0.4, 0.5) is 5.69 Å². The zero-order chi connectivity index (χ0) is 30.2. The van der Waals surface area contributed by atoms with E-state index in [1.54, 1.807) is 30.3 Å². The average Bonchev–Trinajstić information content (AvgIpc) is 2.94. The maximum atomic E-state index is 14.1. The number of hydrogen-bond acceptors (Lipinski definition) is 4. The molecule has 2 amide bonds. The summed E-state index contributed by atoms with van der Waals surface area (Å²) in [6, 6.07) is 20.3. The van der Waals surface area contributed by atoms with E-state index in [1.807, 2.05) is 63.2 Å². The van der Waals surface area contributed by atoms with Crippen molar-refractivity contribution in [3.63, 3.8) is 0 Å². The first-order valence-electron chi connectivity index (χ1n) is 13.6. The van der Waals surface area contributed by atoms with E-state index in [4.69, 9.17) is 23.2 Å². The van der Waals surface area contributed by atoms with Gasteiger partial charge in [0.05, 0.1) is 11.9 Å². The second kappa shape index (κ2) is 14.7. The molecule has 220 valence electrons. The van der Waals surface area contributed by atoms with E-state index in [2.05, 4.69) is 5.32 Å². The van der Waals surface area contributed by atoms with Crippen molar-refractivity contribution in [1.82, 2.24) is 10.2 Å². The highest BCUT2D eigenvalue weighted by molar-refractivity contribution is 7.92. The van der Waals surface area contributed by atoms with Crippen LogP contribution in [0.15, 0.2) is 72.8 Å². The number of halogens is 2. The number of rotatable bonds is 13. The number of carbonyl (C=O) groups is 2. The van der Waals surface area contributed by atoms with Gasteiger partial charge >= 0.3 is 0 Å². The van der Waals surface area contributed by atoms with Crippen LogP contribution in [0.25, 0.3) is 0 Å². The minimum absolute atomic E-state index is 0.0212. The Balaban J connectivity index is 2.08. The quantitative estimate of drug-likeness (QED) is 0.260. The Kier molecular flexibility index (Phi) is 11.6. The minimum Gasteiger partial charge on any atom is -0.352 e. The van der Waals surface area contributed by atoms with Crippen molar-refractivity contribution in [1.29, 1.82) is 0 Å². The van der Waals surface area contributed by atoms with Crippen LogP contribution in [-0.4, -0.2) is 50.0 Å². The van der Waals surface area contributed by atoms with Crippen molar-refractivity contribution in [3.05, 3.63) is 99.5 Å². The van der Waals surface area contributed by atoms with Crippen LogP contribution in [0.5, 0.6) is 0 Å². The summed E-state index contributed by atoms with van der Waals surface area (Å²) in [6.07, 6.45) is 2.78. The molecule has 0 heterocycles. The van der Waals surface area contributed by atoms with Gasteiger partial charge in [-0.15, -0.1) is 0 Å². The average molecular weight is 619 g/mol. The van der Waals surface area contributed by atoms with Crippen LogP contribution in [0.2, 0.25) is 10.0 Å². The van der Waals surface area contributed by atoms with Crippen molar-refractivity contribution in [2.24, 2.45) is 0 Å². The Labute approximate surface area is 253 Å². The number of sulfonamides is 1. The number of carbonyl (C=O) groups excluding carboxylic acids is 2. The predicted molar refractivity (Wildman–Crippen MR) is 167 cm³/mol. The fourth-order valence-electron chi connectivity index (χ4n) is 4.34. The van der Waals surface area contributed by atoms with Crippen molar-refractivity contribution < 1.29 is 18.0 Å². The normalized spacial score (nSPS) is 12.8. The molecule has 0 aliphatic heterocycles. The number of benzene rings is 3. The Morgan fingerprint density at radius 2 is 1.59 bits per heavy atom. The molecule has 3 rings (SSSR count). The number of amides is 2. The number of nitrogens with zero attached hydrogens (tertiary/aromatic N) is 2. The zero-order valence-electron chi connectivity index (χ0n) is 23.8. The van der Waals surface area contributed by atoms with Gasteiger partial charge in [-0.05, 0) is 60.7 Å². The lowest BCUT2D eigenvalue weighted by Gasteiger charge is -2.34. The molecule has 0 saturated heterocycles. The summed E-state index contributed by atoms with van der Waals surface area (Å²) < 4.78 is 26.9. The molecule has 0 aliphatic rings. The van der Waals surface area contributed by atoms with Gasteiger partial charge in [0.1, 0.15) is 12.6 Å². The van der Waals surface area contributed by atoms with Crippen LogP contribution in [0.1, 0.15) is 43.9 Å². The molecule has 0 saturated carbocycles. The van der Waals surface area contributed by atoms with Crippen LogP contribution in [-0.2, 0) is 39.0 Å². The van der Waals surface area contributed by atoms with Gasteiger partial charge in [0.25, 0.3) is 0 Å². The summed E-state index contributed by atoms with van der Waals surface area (Å²) in [5.41, 5.74) is 2.84. The molecule has 0 aliphatic carbocycles. The van der Waals surface area contributed by atoms with Gasteiger partial charge in [-0.25, -0.2) is 8.42 Å². The first kappa shape index (κ1) is 32.4. The highest BCUT2D eigenvalue weighted by atomic mass is 35.5. The van der Waals surface area contributed by atoms with Crippen molar-refractivity contribution in [2.45, 2.75) is 58.7 Å². The molecule has 3 aromatic rings. The van der Waals surface area contributed by atoms with Crippen LogP contribution >= 0.6 is 23.2 Å². The molecular formula is C31H37Cl2N3O4S. The monoisotopic (exact) mass is 617 g/mol. The maximum Gasteiger partial charge on any atom is 0.244 e. The molecule has 0 fully saturated rings. The number of aryl methyl sites for hydroxylation is 1. The number of nitrogens with one attached hydrogen (secondary N) is 1. The molecule has 1 N–H and O–H groups in total. The third-order valence-corrected chi connectivity index (χ3v) is 8.67. The van der Waals surface area contributed by atoms with E-state index in [-0.39, 0.29) is 24.9 Å². The lowest BCUT2D eigenvalue weighted by atomic mass is 10.0. The largest absolute Gasteiger partial charge is 0.352 e. The Morgan fingerprint density at radius 3 is 2.15 bits per heavy atom. The summed E-state index contributed by atoms with van der Waals surface area (Å²) in [7, 11) is -3.84. The van der Waals surface area contributed by atoms with Gasteiger partial charge in [0.15, 0.2) is 0 Å². The number of hydrogen-bond donors (Lipinski definition) is 1. The van der Waals surface area contributed by atoms with E-state index < -0.39 is 28.5 Å². The predicted octanol–water partition coefficient (Wildman–Crippen LogP) is 5.88. The van der Waals surface area contributed by atoms with Gasteiger partial charge in [-0.2, -0.15) is 0 Å². The first-order valence-corrected chi connectivity index (χ1v) is 16.2. The van der Waals surface area contributed by atoms with Crippen LogP contribution in [0, 0.1) is 0 Å². The summed E-state index contributed by atoms with van der Waals surface area (Å²) in [6.45, 7) is 5.35. The lowest BCUT2D eigenvalue weighted by molar-refractivity contribution is -0.140. The second-order valence-electron chi connectivity index (χ2n) is 10.1. The Morgan fingerprint density at radius 1 is 0.927 bits per heavy atom. The van der Waals surface area contributed by atoms with Crippen LogP contribution in [0.3, 0.4) is 0 Å². The van der Waals surface area contributed by atoms with Gasteiger partial charge in [-0.3, -0.25) is 13.9 Å². The topological polar surface area (TPSA) is 86.8 Å². The van der Waals surface area contributed by atoms with E-state index in [1.165, 1.54) is 4.90 Å². The molecule has 0 aromatic heterocycles. The Bertz CT molecular complexity index is 1430. The van der Waals surface area contributed by atoms with E-state index >= 15 is 0 Å². The zero-order valence-corrected chi connectivity index (χ0v) is 26.1. The molecule has 10 heteroatoms. The lowest BCUT2D eigenvalue weighted by Crippen LogP contribution is -2.54. The maximum absolute atomic E-state index is 14.1. The Hall–Kier alpha value is -3.07. The standard InChI is InChI=1S/C31H37Cl2N3O4S/c1-5-22(3)34-31(38)29(18-24-10-8-7-9-11-24)35(20-25-14-15-26(32)19-28(25)33)30(37)21-36(41(4,39)40)27-16-12-23(6-2)13-17-27/h7-17,19,22,29H,5-6,18,20-21H2,1-4H3,(H,34,38)/t22-,29-/m0/s1. The molecule has 2 atom stereocenters. The molecular weight excluding hydrogens is 581 g/mol. The minimum atomic E-state index is -3.84. The van der Waals surface area contributed by atoms with E-state index in [0.717, 1.165) is 28.1 Å². The molecule has 3 aromatic carbocycles. The highest BCUT2D eigenvalue weighted by Gasteiger charge is 2.33. The van der Waals surface area contributed by atoms with Crippen molar-refractivity contribution >= 4 is 50.7 Å². The number of anilines is 1. The molecule has 0 radical (unpaired) electrons. The smallest absolute Gasteiger partial charge is 0.244 e. The van der Waals surface area contributed by atoms with Gasteiger partial charge < -0.3 is 10.2 Å². The molecule has 0 bridgehead atoms. The van der Waals surface area contributed by atoms with Crippen molar-refractivity contribution in [3.8, 4) is 0 Å². The van der Waals surface area contributed by atoms with E-state index in [0.29, 0.717) is 27.7 Å². The first-order chi connectivity index (χ1) is 19.4. The molecule has 0 unspecified atom stereocenters. The van der Waals surface area contributed by atoms with Crippen LogP contribution < -0.4 is 9.62 Å². The van der Waals surface area contributed by atoms with E-state index in [9.17, 15) is 18.0 Å². The van der Waals surface area contributed by atoms with Crippen molar-refractivity contribution in [2.75, 3.05) is 17.1 Å². The van der Waals surface area contributed by atoms with Gasteiger partial charge in [0, 0.05) is 29.1 Å². The molecule has 7 nitrogen and oxygen atoms in total. The summed E-state index contributed by atoms with van der Waals surface area (Å²) in [5.74, 6) is -0.874. The summed E-state index contributed by atoms with van der Waals surface area (Å²) in [4.78, 5) is 29.3. The molecule has 41 heavy (non-hydrogen) atoms. The van der Waals surface area contributed by atoms with Gasteiger partial charge in [-0.1, -0.05) is 85.6 Å². The summed E-state index contributed by atoms with van der Waals surface area (Å²) >= 11 is 12.6. The second-order valence-corrected chi connectivity index (χ2v) is 12.8. The fourth-order valence-corrected chi connectivity index (χ4v) is 5.66.